The summed E-state index contributed by atoms with van der Waals surface area (Å²) in [6.45, 7) is 2.81. The Morgan fingerprint density at radius 2 is 2.20 bits per heavy atom. The summed E-state index contributed by atoms with van der Waals surface area (Å²) in [7, 11) is 0. The first kappa shape index (κ1) is 10.2. The predicted molar refractivity (Wildman–Crippen MR) is 62.5 cm³/mol. The molecule has 2 rings (SSSR count). The largest absolute Gasteiger partial charge is 0.494 e. The molecule has 78 valence electrons. The number of ether oxygens (including phenoxy) is 1. The van der Waals surface area contributed by atoms with E-state index in [1.807, 2.05) is 18.2 Å². The van der Waals surface area contributed by atoms with E-state index < -0.39 is 0 Å². The summed E-state index contributed by atoms with van der Waals surface area (Å²) < 4.78 is 5.52. The van der Waals surface area contributed by atoms with Crippen molar-refractivity contribution in [3.63, 3.8) is 0 Å². The maximum absolute atomic E-state index is 6.03. The minimum absolute atomic E-state index is 0.724. The van der Waals surface area contributed by atoms with E-state index in [0.717, 1.165) is 34.7 Å². The molecular formula is C12H12ClNO. The number of pyridine rings is 1. The molecule has 0 aliphatic rings. The molecule has 0 amide bonds. The molecule has 0 N–H and O–H groups in total. The summed E-state index contributed by atoms with van der Waals surface area (Å²) in [5.74, 6) is 0.846. The van der Waals surface area contributed by atoms with E-state index in [1.165, 1.54) is 0 Å². The van der Waals surface area contributed by atoms with Crippen LogP contribution in [0.3, 0.4) is 0 Å². The van der Waals surface area contributed by atoms with Crippen LogP contribution in [0, 0.1) is 0 Å². The van der Waals surface area contributed by atoms with Crippen LogP contribution in [0.2, 0.25) is 5.02 Å². The third-order valence-corrected chi connectivity index (χ3v) is 2.46. The molecule has 2 aromatic rings. The fourth-order valence-electron chi connectivity index (χ4n) is 1.40. The Labute approximate surface area is 93.8 Å². The monoisotopic (exact) mass is 221 g/mol. The Balaban J connectivity index is 2.39. The third-order valence-electron chi connectivity index (χ3n) is 2.13. The molecule has 0 spiro atoms. The maximum Gasteiger partial charge on any atom is 0.121 e. The fraction of sp³-hybridized carbons (Fsp3) is 0.250. The number of hydrogen-bond acceptors (Lipinski definition) is 2. The zero-order chi connectivity index (χ0) is 10.7. The molecule has 0 aliphatic heterocycles. The number of aromatic nitrogens is 1. The topological polar surface area (TPSA) is 22.1 Å². The molecule has 0 atom stereocenters. The molecular weight excluding hydrogens is 210 g/mol. The van der Waals surface area contributed by atoms with Gasteiger partial charge in [-0.2, -0.15) is 0 Å². The van der Waals surface area contributed by atoms with Crippen molar-refractivity contribution in [3.05, 3.63) is 35.5 Å². The molecule has 0 saturated carbocycles. The molecule has 15 heavy (non-hydrogen) atoms. The third kappa shape index (κ3) is 2.21. The van der Waals surface area contributed by atoms with Crippen LogP contribution < -0.4 is 4.74 Å². The normalized spacial score (nSPS) is 10.5. The Hall–Kier alpha value is -1.28. The zero-order valence-electron chi connectivity index (χ0n) is 8.53. The minimum Gasteiger partial charge on any atom is -0.494 e. The van der Waals surface area contributed by atoms with Gasteiger partial charge in [-0.05, 0) is 24.6 Å². The number of nitrogens with zero attached hydrogens (tertiary/aromatic N) is 1. The lowest BCUT2D eigenvalue weighted by Gasteiger charge is -2.05. The van der Waals surface area contributed by atoms with Gasteiger partial charge >= 0.3 is 0 Å². The Kier molecular flexibility index (Phi) is 3.07. The van der Waals surface area contributed by atoms with Gasteiger partial charge in [-0.1, -0.05) is 18.5 Å². The van der Waals surface area contributed by atoms with Crippen molar-refractivity contribution in [2.24, 2.45) is 0 Å². The Bertz CT molecular complexity index is 470. The smallest absolute Gasteiger partial charge is 0.121 e. The molecule has 1 heterocycles. The van der Waals surface area contributed by atoms with Crippen molar-refractivity contribution in [1.82, 2.24) is 4.98 Å². The molecule has 0 saturated heterocycles. The first-order chi connectivity index (χ1) is 7.31. The summed E-state index contributed by atoms with van der Waals surface area (Å²) in [5.41, 5.74) is 0.871. The lowest BCUT2D eigenvalue weighted by molar-refractivity contribution is 0.318. The van der Waals surface area contributed by atoms with E-state index in [0.29, 0.717) is 0 Å². The number of benzene rings is 1. The molecule has 0 fully saturated rings. The van der Waals surface area contributed by atoms with E-state index in [1.54, 1.807) is 12.3 Å². The van der Waals surface area contributed by atoms with Crippen molar-refractivity contribution in [2.45, 2.75) is 13.3 Å². The van der Waals surface area contributed by atoms with Crippen LogP contribution in [0.25, 0.3) is 10.9 Å². The van der Waals surface area contributed by atoms with Gasteiger partial charge in [0.05, 0.1) is 17.1 Å². The molecule has 0 bridgehead atoms. The highest BCUT2D eigenvalue weighted by Gasteiger charge is 2.01. The molecule has 0 unspecified atom stereocenters. The average Bonchev–Trinajstić information content (AvgIpc) is 2.26. The second-order valence-electron chi connectivity index (χ2n) is 3.32. The van der Waals surface area contributed by atoms with Crippen LogP contribution in [0.15, 0.2) is 30.5 Å². The summed E-state index contributed by atoms with van der Waals surface area (Å²) in [6, 6.07) is 7.56. The highest BCUT2D eigenvalue weighted by Crippen LogP contribution is 2.25. The van der Waals surface area contributed by atoms with Crippen LogP contribution >= 0.6 is 11.6 Å². The van der Waals surface area contributed by atoms with Gasteiger partial charge < -0.3 is 4.74 Å². The quantitative estimate of drug-likeness (QED) is 0.789. The van der Waals surface area contributed by atoms with Gasteiger partial charge in [-0.3, -0.25) is 4.98 Å². The molecule has 1 aromatic carbocycles. The first-order valence-electron chi connectivity index (χ1n) is 4.98. The average molecular weight is 222 g/mol. The minimum atomic E-state index is 0.724. The van der Waals surface area contributed by atoms with Gasteiger partial charge in [0.1, 0.15) is 5.75 Å². The Morgan fingerprint density at radius 1 is 1.33 bits per heavy atom. The standard InChI is InChI=1S/C12H12ClNO/c1-2-7-15-9-3-4-10-11(13)5-6-14-12(10)8-9/h3-6,8H,2,7H2,1H3. The van der Waals surface area contributed by atoms with Gasteiger partial charge in [0.25, 0.3) is 0 Å². The summed E-state index contributed by atoms with van der Waals surface area (Å²) in [5, 5.41) is 1.69. The molecule has 0 radical (unpaired) electrons. The summed E-state index contributed by atoms with van der Waals surface area (Å²) in [6.07, 6.45) is 2.70. The molecule has 2 nitrogen and oxygen atoms in total. The molecule has 3 heteroatoms. The highest BCUT2D eigenvalue weighted by atomic mass is 35.5. The Morgan fingerprint density at radius 3 is 3.00 bits per heavy atom. The van der Waals surface area contributed by atoms with Crippen LogP contribution in [0.4, 0.5) is 0 Å². The number of fused-ring (bicyclic) bond motifs is 1. The number of hydrogen-bond donors (Lipinski definition) is 0. The summed E-state index contributed by atoms with van der Waals surface area (Å²) >= 11 is 6.03. The van der Waals surface area contributed by atoms with E-state index in [9.17, 15) is 0 Å². The number of halogens is 1. The van der Waals surface area contributed by atoms with Gasteiger partial charge in [0, 0.05) is 17.6 Å². The van der Waals surface area contributed by atoms with E-state index in [4.69, 9.17) is 16.3 Å². The van der Waals surface area contributed by atoms with Crippen LogP contribution in [0.5, 0.6) is 5.75 Å². The van der Waals surface area contributed by atoms with Gasteiger partial charge in [-0.15, -0.1) is 0 Å². The van der Waals surface area contributed by atoms with Crippen molar-refractivity contribution in [1.29, 1.82) is 0 Å². The fourth-order valence-corrected chi connectivity index (χ4v) is 1.62. The van der Waals surface area contributed by atoms with Crippen LogP contribution in [0.1, 0.15) is 13.3 Å². The van der Waals surface area contributed by atoms with Gasteiger partial charge in [0.2, 0.25) is 0 Å². The first-order valence-corrected chi connectivity index (χ1v) is 5.36. The van der Waals surface area contributed by atoms with Gasteiger partial charge in [-0.25, -0.2) is 0 Å². The van der Waals surface area contributed by atoms with Crippen molar-refractivity contribution < 1.29 is 4.74 Å². The second-order valence-corrected chi connectivity index (χ2v) is 3.73. The predicted octanol–water partition coefficient (Wildman–Crippen LogP) is 3.68. The van der Waals surface area contributed by atoms with Crippen LogP contribution in [-0.2, 0) is 0 Å². The molecule has 0 aliphatic carbocycles. The lowest BCUT2D eigenvalue weighted by atomic mass is 10.2. The van der Waals surface area contributed by atoms with E-state index >= 15 is 0 Å². The second kappa shape index (κ2) is 4.49. The highest BCUT2D eigenvalue weighted by molar-refractivity contribution is 6.35. The molecule has 1 aromatic heterocycles. The lowest BCUT2D eigenvalue weighted by Crippen LogP contribution is -1.94. The van der Waals surface area contributed by atoms with Crippen molar-refractivity contribution in [2.75, 3.05) is 6.61 Å². The SMILES string of the molecule is CCCOc1ccc2c(Cl)ccnc2c1. The van der Waals surface area contributed by atoms with E-state index in [2.05, 4.69) is 11.9 Å². The van der Waals surface area contributed by atoms with Gasteiger partial charge in [0.15, 0.2) is 0 Å². The number of rotatable bonds is 3. The van der Waals surface area contributed by atoms with Crippen LogP contribution in [-0.4, -0.2) is 11.6 Å². The van der Waals surface area contributed by atoms with Crippen molar-refractivity contribution >= 4 is 22.5 Å². The van der Waals surface area contributed by atoms with E-state index in [-0.39, 0.29) is 0 Å². The summed E-state index contributed by atoms with van der Waals surface area (Å²) in [4.78, 5) is 4.25. The van der Waals surface area contributed by atoms with Crippen molar-refractivity contribution in [3.8, 4) is 5.75 Å². The zero-order valence-corrected chi connectivity index (χ0v) is 9.29. The maximum atomic E-state index is 6.03.